The Bertz CT molecular complexity index is 780. The molecule has 4 heteroatoms. The van der Waals surface area contributed by atoms with E-state index >= 15 is 0 Å². The fourth-order valence-electron chi connectivity index (χ4n) is 2.39. The monoisotopic (exact) mass is 300 g/mol. The summed E-state index contributed by atoms with van der Waals surface area (Å²) in [4.78, 5) is 4.13. The maximum absolute atomic E-state index is 13.6. The number of nitrogens with zero attached hydrogens (tertiary/aromatic N) is 2. The lowest BCUT2D eigenvalue weighted by molar-refractivity contribution is 0.625. The number of halogens is 2. The molecule has 0 radical (unpaired) electrons. The van der Waals surface area contributed by atoms with Gasteiger partial charge in [-0.3, -0.25) is 0 Å². The second-order valence-electron chi connectivity index (χ2n) is 4.95. The maximum atomic E-state index is 13.6. The zero-order chi connectivity index (χ0) is 14.8. The summed E-state index contributed by atoms with van der Waals surface area (Å²) in [5, 5.41) is 0.690. The van der Waals surface area contributed by atoms with Crippen LogP contribution < -0.4 is 0 Å². The molecule has 0 fully saturated rings. The molecule has 21 heavy (non-hydrogen) atoms. The average Bonchev–Trinajstić information content (AvgIpc) is 2.88. The lowest BCUT2D eigenvalue weighted by Gasteiger charge is -2.13. The molecule has 0 N–H and O–H groups in total. The maximum Gasteiger partial charge on any atom is 0.123 e. The van der Waals surface area contributed by atoms with E-state index in [1.54, 1.807) is 24.7 Å². The van der Waals surface area contributed by atoms with Crippen LogP contribution in [0.5, 0.6) is 0 Å². The van der Waals surface area contributed by atoms with E-state index in [0.29, 0.717) is 11.4 Å². The van der Waals surface area contributed by atoms with Gasteiger partial charge in [0, 0.05) is 23.3 Å². The lowest BCUT2D eigenvalue weighted by Crippen LogP contribution is -2.02. The van der Waals surface area contributed by atoms with Crippen LogP contribution in [0.1, 0.15) is 16.8 Å². The highest BCUT2D eigenvalue weighted by Gasteiger charge is 2.10. The van der Waals surface area contributed by atoms with Gasteiger partial charge in [-0.15, -0.1) is 0 Å². The van der Waals surface area contributed by atoms with Crippen LogP contribution in [0.25, 0.3) is 5.69 Å². The van der Waals surface area contributed by atoms with Crippen LogP contribution in [0.3, 0.4) is 0 Å². The van der Waals surface area contributed by atoms with Gasteiger partial charge in [0.1, 0.15) is 5.82 Å². The Kier molecular flexibility index (Phi) is 3.76. The molecule has 0 saturated carbocycles. The first-order chi connectivity index (χ1) is 10.1. The Labute approximate surface area is 127 Å². The van der Waals surface area contributed by atoms with E-state index in [1.807, 2.05) is 35.8 Å². The summed E-state index contributed by atoms with van der Waals surface area (Å²) in [5.74, 6) is -0.251. The average molecular weight is 301 g/mol. The van der Waals surface area contributed by atoms with Crippen molar-refractivity contribution in [2.24, 2.45) is 0 Å². The van der Waals surface area contributed by atoms with Crippen molar-refractivity contribution < 1.29 is 4.39 Å². The molecular formula is C17H14ClFN2. The molecule has 0 atom stereocenters. The van der Waals surface area contributed by atoms with Gasteiger partial charge < -0.3 is 4.57 Å². The van der Waals surface area contributed by atoms with Crippen molar-refractivity contribution in [3.05, 3.63) is 82.6 Å². The molecule has 3 aromatic rings. The minimum absolute atomic E-state index is 0.251. The highest BCUT2D eigenvalue weighted by atomic mass is 35.5. The van der Waals surface area contributed by atoms with E-state index in [-0.39, 0.29) is 5.82 Å². The molecule has 0 bridgehead atoms. The van der Waals surface area contributed by atoms with Gasteiger partial charge in [0.25, 0.3) is 0 Å². The number of benzene rings is 2. The third-order valence-corrected chi connectivity index (χ3v) is 3.83. The van der Waals surface area contributed by atoms with Crippen molar-refractivity contribution in [1.82, 2.24) is 9.55 Å². The molecule has 0 amide bonds. The zero-order valence-corrected chi connectivity index (χ0v) is 12.3. The zero-order valence-electron chi connectivity index (χ0n) is 11.6. The molecule has 1 aromatic heterocycles. The molecule has 0 aliphatic carbocycles. The van der Waals surface area contributed by atoms with Gasteiger partial charge >= 0.3 is 0 Å². The highest BCUT2D eigenvalue weighted by molar-refractivity contribution is 6.31. The van der Waals surface area contributed by atoms with Gasteiger partial charge in [0.05, 0.1) is 12.0 Å². The highest BCUT2D eigenvalue weighted by Crippen LogP contribution is 2.24. The number of imidazole rings is 1. The minimum atomic E-state index is -0.251. The van der Waals surface area contributed by atoms with E-state index in [1.165, 1.54) is 6.07 Å². The Morgan fingerprint density at radius 2 is 1.95 bits per heavy atom. The van der Waals surface area contributed by atoms with Crippen molar-refractivity contribution in [2.75, 3.05) is 0 Å². The molecular weight excluding hydrogens is 287 g/mol. The van der Waals surface area contributed by atoms with E-state index < -0.39 is 0 Å². The predicted molar refractivity (Wildman–Crippen MR) is 82.5 cm³/mol. The number of aromatic nitrogens is 2. The Morgan fingerprint density at radius 1 is 1.14 bits per heavy atom. The van der Waals surface area contributed by atoms with E-state index in [4.69, 9.17) is 11.6 Å². The number of aryl methyl sites for hydroxylation is 1. The first-order valence-electron chi connectivity index (χ1n) is 6.66. The van der Waals surface area contributed by atoms with Crippen molar-refractivity contribution in [3.8, 4) is 5.69 Å². The van der Waals surface area contributed by atoms with Gasteiger partial charge in [-0.2, -0.15) is 0 Å². The van der Waals surface area contributed by atoms with Gasteiger partial charge in [0.2, 0.25) is 0 Å². The van der Waals surface area contributed by atoms with Crippen LogP contribution in [0, 0.1) is 12.7 Å². The molecule has 0 saturated heterocycles. The van der Waals surface area contributed by atoms with Crippen molar-refractivity contribution in [1.29, 1.82) is 0 Å². The van der Waals surface area contributed by atoms with Crippen LogP contribution >= 0.6 is 11.6 Å². The van der Waals surface area contributed by atoms with Crippen molar-refractivity contribution in [3.63, 3.8) is 0 Å². The SMILES string of the molecule is Cc1cncn1-c1ccc(F)cc1Cc1ccccc1Cl. The smallest absolute Gasteiger partial charge is 0.123 e. The molecule has 2 nitrogen and oxygen atoms in total. The summed E-state index contributed by atoms with van der Waals surface area (Å²) in [6.07, 6.45) is 4.09. The van der Waals surface area contributed by atoms with Gasteiger partial charge in [-0.25, -0.2) is 9.37 Å². The topological polar surface area (TPSA) is 17.8 Å². The van der Waals surface area contributed by atoms with Crippen molar-refractivity contribution >= 4 is 11.6 Å². The molecule has 2 aromatic carbocycles. The number of rotatable bonds is 3. The second kappa shape index (κ2) is 5.70. The van der Waals surface area contributed by atoms with Crippen LogP contribution in [-0.2, 0) is 6.42 Å². The van der Waals surface area contributed by atoms with Gasteiger partial charge in [-0.05, 0) is 42.3 Å². The van der Waals surface area contributed by atoms with Crippen LogP contribution in [0.2, 0.25) is 5.02 Å². The predicted octanol–water partition coefficient (Wildman–Crippen LogP) is 4.56. The molecule has 0 spiro atoms. The lowest BCUT2D eigenvalue weighted by atomic mass is 10.0. The Balaban J connectivity index is 2.08. The van der Waals surface area contributed by atoms with Crippen LogP contribution in [0.15, 0.2) is 55.0 Å². The quantitative estimate of drug-likeness (QED) is 0.693. The molecule has 0 aliphatic rings. The van der Waals surface area contributed by atoms with Crippen LogP contribution in [-0.4, -0.2) is 9.55 Å². The summed E-state index contributed by atoms with van der Waals surface area (Å²) >= 11 is 6.21. The molecule has 0 aliphatic heterocycles. The van der Waals surface area contributed by atoms with Crippen LogP contribution in [0.4, 0.5) is 4.39 Å². The van der Waals surface area contributed by atoms with Gasteiger partial charge in [0.15, 0.2) is 0 Å². The minimum Gasteiger partial charge on any atom is -0.303 e. The molecule has 1 heterocycles. The fourth-order valence-corrected chi connectivity index (χ4v) is 2.59. The third kappa shape index (κ3) is 2.83. The Morgan fingerprint density at radius 3 is 2.67 bits per heavy atom. The van der Waals surface area contributed by atoms with E-state index in [9.17, 15) is 4.39 Å². The summed E-state index contributed by atoms with van der Waals surface area (Å²) in [6.45, 7) is 1.97. The first kappa shape index (κ1) is 13.8. The fraction of sp³-hybridized carbons (Fsp3) is 0.118. The normalized spacial score (nSPS) is 10.8. The summed E-state index contributed by atoms with van der Waals surface area (Å²) in [7, 11) is 0. The molecule has 0 unspecified atom stereocenters. The summed E-state index contributed by atoms with van der Waals surface area (Å²) in [6, 6.07) is 12.4. The number of hydrogen-bond acceptors (Lipinski definition) is 1. The molecule has 3 rings (SSSR count). The second-order valence-corrected chi connectivity index (χ2v) is 5.35. The van der Waals surface area contributed by atoms with Crippen molar-refractivity contribution in [2.45, 2.75) is 13.3 Å². The standard InChI is InChI=1S/C17H14ClFN2/c1-12-10-20-11-21(12)17-7-6-15(19)9-14(17)8-13-4-2-3-5-16(13)18/h2-7,9-11H,8H2,1H3. The largest absolute Gasteiger partial charge is 0.303 e. The number of hydrogen-bond donors (Lipinski definition) is 0. The third-order valence-electron chi connectivity index (χ3n) is 3.46. The molecule has 106 valence electrons. The first-order valence-corrected chi connectivity index (χ1v) is 7.04. The summed E-state index contributed by atoms with van der Waals surface area (Å²) in [5.41, 5.74) is 3.78. The summed E-state index contributed by atoms with van der Waals surface area (Å²) < 4.78 is 15.6. The van der Waals surface area contributed by atoms with E-state index in [0.717, 1.165) is 22.5 Å². The Hall–Kier alpha value is -2.13. The van der Waals surface area contributed by atoms with E-state index in [2.05, 4.69) is 4.98 Å². The van der Waals surface area contributed by atoms with Gasteiger partial charge in [-0.1, -0.05) is 29.8 Å².